The summed E-state index contributed by atoms with van der Waals surface area (Å²) in [6, 6.07) is 0.764. The average molecular weight is 780 g/mol. The first-order valence-electron chi connectivity index (χ1n) is 20.8. The lowest BCUT2D eigenvalue weighted by molar-refractivity contribution is -0.109. The minimum atomic E-state index is -1.16. The molecule has 0 aromatic carbocycles. The molecule has 0 radical (unpaired) electrons. The van der Waals surface area contributed by atoms with Gasteiger partial charge in [-0.15, -0.1) is 13.2 Å². The number of carbonyl (C=O) groups excluding carboxylic acids is 1. The summed E-state index contributed by atoms with van der Waals surface area (Å²) in [6.45, 7) is 46.0. The Bertz CT molecular complexity index is 1050. The smallest absolute Gasteiger partial charge is 0.207 e. The topological polar surface area (TPSA) is 112 Å². The van der Waals surface area contributed by atoms with Crippen molar-refractivity contribution < 1.29 is 19.0 Å². The summed E-state index contributed by atoms with van der Waals surface area (Å²) in [6.07, 6.45) is 13.9. The number of aliphatic hydroxyl groups is 1. The third-order valence-corrected chi connectivity index (χ3v) is 7.68. The van der Waals surface area contributed by atoms with Crippen LogP contribution in [0, 0.1) is 5.92 Å². The van der Waals surface area contributed by atoms with Gasteiger partial charge in [-0.05, 0) is 114 Å². The van der Waals surface area contributed by atoms with E-state index in [2.05, 4.69) is 95.6 Å². The van der Waals surface area contributed by atoms with Crippen molar-refractivity contribution in [2.24, 2.45) is 11.7 Å². The molecule has 0 heterocycles. The van der Waals surface area contributed by atoms with E-state index in [1.54, 1.807) is 12.2 Å². The third-order valence-electron chi connectivity index (χ3n) is 7.68. The number of ether oxygens (including phenoxy) is 1. The van der Waals surface area contributed by atoms with Crippen LogP contribution in [0.25, 0.3) is 0 Å². The number of nitrogens with zero attached hydrogens (tertiary/aromatic N) is 1. The fraction of sp³-hybridized carbons (Fsp3) is 0.674. The van der Waals surface area contributed by atoms with E-state index >= 15 is 0 Å². The summed E-state index contributed by atoms with van der Waals surface area (Å²) in [5.74, 6) is 1.64. The molecule has 0 bridgehead atoms. The van der Waals surface area contributed by atoms with Crippen molar-refractivity contribution in [3.05, 3.63) is 84.6 Å². The first-order valence-corrected chi connectivity index (χ1v) is 20.8. The summed E-state index contributed by atoms with van der Waals surface area (Å²) in [4.78, 5) is 12.8. The van der Waals surface area contributed by atoms with Crippen molar-refractivity contribution in [1.29, 1.82) is 0 Å². The number of alkyl halides is 1. The molecule has 2 rings (SSSR count). The summed E-state index contributed by atoms with van der Waals surface area (Å²) in [5, 5.41) is 17.7. The molecular formula is C46H90FN5O3. The Kier molecular flexibility index (Phi) is 48.4. The molecule has 2 unspecified atom stereocenters. The van der Waals surface area contributed by atoms with E-state index in [4.69, 9.17) is 15.6 Å². The van der Waals surface area contributed by atoms with E-state index in [0.717, 1.165) is 50.6 Å². The fourth-order valence-electron chi connectivity index (χ4n) is 4.72. The van der Waals surface area contributed by atoms with Crippen LogP contribution >= 0.6 is 0 Å². The summed E-state index contributed by atoms with van der Waals surface area (Å²) < 4.78 is 18.1. The molecule has 3 atom stereocenters. The van der Waals surface area contributed by atoms with Gasteiger partial charge in [0.2, 0.25) is 6.41 Å². The van der Waals surface area contributed by atoms with Gasteiger partial charge in [0.05, 0.1) is 18.9 Å². The van der Waals surface area contributed by atoms with Gasteiger partial charge >= 0.3 is 0 Å². The summed E-state index contributed by atoms with van der Waals surface area (Å²) in [5.41, 5.74) is 10.2. The van der Waals surface area contributed by atoms with Crippen LogP contribution in [0.4, 0.5) is 4.39 Å². The molecule has 2 aliphatic rings. The van der Waals surface area contributed by atoms with E-state index in [-0.39, 0.29) is 11.8 Å². The molecule has 0 spiro atoms. The second-order valence-electron chi connectivity index (χ2n) is 13.4. The maximum atomic E-state index is 13.1. The molecule has 1 amide bonds. The molecule has 0 aliphatic heterocycles. The Hall–Kier alpha value is -3.14. The number of nitrogens with two attached hydrogens (primary N) is 1. The number of hydrogen-bond acceptors (Lipinski definition) is 7. The third kappa shape index (κ3) is 40.3. The number of carbonyl (C=O) groups is 1. The van der Waals surface area contributed by atoms with Crippen LogP contribution in [0.3, 0.4) is 0 Å². The van der Waals surface area contributed by atoms with Gasteiger partial charge < -0.3 is 36.4 Å². The number of methoxy groups -OCH3 is 1. The highest BCUT2D eigenvalue weighted by Crippen LogP contribution is 2.37. The van der Waals surface area contributed by atoms with E-state index in [0.29, 0.717) is 30.7 Å². The molecular weight excluding hydrogens is 690 g/mol. The van der Waals surface area contributed by atoms with Gasteiger partial charge in [0.25, 0.3) is 0 Å². The molecule has 0 aromatic heterocycles. The Morgan fingerprint density at radius 1 is 1.07 bits per heavy atom. The molecule has 1 saturated carbocycles. The fourth-order valence-corrected chi connectivity index (χ4v) is 4.72. The zero-order valence-corrected chi connectivity index (χ0v) is 38.3. The highest BCUT2D eigenvalue weighted by atomic mass is 19.1. The minimum Gasteiger partial charge on any atom is -0.513 e. The Balaban J connectivity index is -0.000000213. The van der Waals surface area contributed by atoms with Gasteiger partial charge in [-0.25, -0.2) is 4.39 Å². The van der Waals surface area contributed by atoms with E-state index in [9.17, 15) is 9.18 Å². The van der Waals surface area contributed by atoms with Gasteiger partial charge in [0, 0.05) is 37.8 Å². The van der Waals surface area contributed by atoms with E-state index in [1.807, 2.05) is 41.5 Å². The lowest BCUT2D eigenvalue weighted by Crippen LogP contribution is -2.32. The monoisotopic (exact) mass is 780 g/mol. The van der Waals surface area contributed by atoms with Crippen LogP contribution in [-0.4, -0.2) is 80.5 Å². The number of hydrogen-bond donors (Lipinski definition) is 5. The van der Waals surface area contributed by atoms with Gasteiger partial charge in [-0.2, -0.15) is 0 Å². The zero-order chi connectivity index (χ0) is 43.8. The predicted octanol–water partition coefficient (Wildman–Crippen LogP) is 10.9. The summed E-state index contributed by atoms with van der Waals surface area (Å²) >= 11 is 0. The van der Waals surface area contributed by atoms with Gasteiger partial charge in [-0.1, -0.05) is 93.5 Å². The standard InChI is InChI=1S/C19H36N2.C11H14FNO2.C6H13NO.C3H9N.C3H8.C2H6.C2H4/c1-7-19(17(6)15(4)14-18-10-11-18)21(9-3)13-12-16(5)20-8-2;1-8(13-7-14)9-3-4-10(12)6-11(5-9)15-2;1-3-7-5-4-6(2)8;1-3(2)4;1-3-2;2*1-2/h16,18,20H,4,7-14H2,1-3,5-6H3;3-8,10H,1-2H3,(H,13,14);7-8H,2-5H2,1H3;3H,4H2,1-2H3;3H2,1-2H3;1-2H3;1-2H2/b19-17+;;;;;;/t;8-,10?;;;;;/m.0...../s1. The first-order chi connectivity index (χ1) is 26.1. The van der Waals surface area contributed by atoms with Crippen LogP contribution in [0.2, 0.25) is 0 Å². The SMILES string of the molecule is C=C.C=C(CC1CC1)/C(C)=C(\CC)N(CC)CCC(C)NCC.C=C(O)CCNCC.CC.CC(C)N.CCC.COC1=CC(F)C=CC([C@H](C)NC=O)=C1. The molecule has 2 aliphatic carbocycles. The molecule has 8 nitrogen and oxygen atoms in total. The van der Waals surface area contributed by atoms with E-state index < -0.39 is 6.17 Å². The van der Waals surface area contributed by atoms with Crippen molar-refractivity contribution in [1.82, 2.24) is 20.9 Å². The Labute approximate surface area is 340 Å². The second-order valence-corrected chi connectivity index (χ2v) is 13.4. The maximum Gasteiger partial charge on any atom is 0.207 e. The van der Waals surface area contributed by atoms with E-state index in [1.165, 1.54) is 68.2 Å². The van der Waals surface area contributed by atoms with Crippen LogP contribution in [-0.2, 0) is 9.53 Å². The molecule has 55 heavy (non-hydrogen) atoms. The van der Waals surface area contributed by atoms with Crippen LogP contribution in [0.15, 0.2) is 84.6 Å². The Morgan fingerprint density at radius 3 is 2.02 bits per heavy atom. The van der Waals surface area contributed by atoms with Crippen molar-refractivity contribution in [2.75, 3.05) is 39.8 Å². The molecule has 1 fully saturated rings. The highest BCUT2D eigenvalue weighted by Gasteiger charge is 2.23. The first kappa shape index (κ1) is 61.1. The van der Waals surface area contributed by atoms with Gasteiger partial charge in [0.1, 0.15) is 11.9 Å². The number of allylic oxidation sites excluding steroid dienone is 6. The van der Waals surface area contributed by atoms with Crippen LogP contribution in [0.5, 0.6) is 0 Å². The molecule has 0 aromatic rings. The molecule has 9 heteroatoms. The van der Waals surface area contributed by atoms with Gasteiger partial charge in [-0.3, -0.25) is 4.79 Å². The predicted molar refractivity (Wildman–Crippen MR) is 243 cm³/mol. The maximum absolute atomic E-state index is 13.1. The molecule has 324 valence electrons. The van der Waals surface area contributed by atoms with Crippen LogP contribution in [0.1, 0.15) is 135 Å². The lowest BCUT2D eigenvalue weighted by atomic mass is 9.99. The summed E-state index contributed by atoms with van der Waals surface area (Å²) in [7, 11) is 1.48. The van der Waals surface area contributed by atoms with Crippen molar-refractivity contribution >= 4 is 6.41 Å². The minimum absolute atomic E-state index is 0.164. The lowest BCUT2D eigenvalue weighted by Gasteiger charge is -2.29. The highest BCUT2D eigenvalue weighted by molar-refractivity contribution is 5.49. The van der Waals surface area contributed by atoms with Crippen LogP contribution < -0.4 is 21.7 Å². The zero-order valence-electron chi connectivity index (χ0n) is 38.3. The molecule has 6 N–H and O–H groups in total. The largest absolute Gasteiger partial charge is 0.513 e. The quantitative estimate of drug-likeness (QED) is 0.0292. The van der Waals surface area contributed by atoms with Crippen molar-refractivity contribution in [2.45, 2.75) is 159 Å². The second kappa shape index (κ2) is 43.6. The number of halogens is 1. The molecule has 0 saturated heterocycles. The van der Waals surface area contributed by atoms with Gasteiger partial charge in [0.15, 0.2) is 0 Å². The van der Waals surface area contributed by atoms with Crippen molar-refractivity contribution in [3.8, 4) is 0 Å². The normalized spacial score (nSPS) is 15.2. The number of rotatable bonds is 19. The Morgan fingerprint density at radius 2 is 1.62 bits per heavy atom. The number of nitrogens with one attached hydrogen (secondary N) is 3. The number of aliphatic hydroxyl groups excluding tert-OH is 1. The number of amides is 1. The average Bonchev–Trinajstić information content (AvgIpc) is 3.99. The van der Waals surface area contributed by atoms with Crippen molar-refractivity contribution in [3.63, 3.8) is 0 Å².